The van der Waals surface area contributed by atoms with Gasteiger partial charge in [-0.05, 0) is 19.8 Å². The monoisotopic (exact) mass is 254 g/mol. The van der Waals surface area contributed by atoms with Gasteiger partial charge in [0.2, 0.25) is 5.75 Å². The van der Waals surface area contributed by atoms with Crippen molar-refractivity contribution in [1.82, 2.24) is 9.97 Å². The van der Waals surface area contributed by atoms with Crippen molar-refractivity contribution >= 4 is 11.6 Å². The molecule has 1 atom stereocenters. The first-order valence-corrected chi connectivity index (χ1v) is 6.27. The van der Waals surface area contributed by atoms with E-state index < -0.39 is 0 Å². The minimum Gasteiger partial charge on any atom is -0.490 e. The molecule has 6 heteroatoms. The molecule has 0 aliphatic heterocycles. The molecule has 1 aromatic heterocycles. The van der Waals surface area contributed by atoms with Gasteiger partial charge in [0.15, 0.2) is 11.6 Å². The second kappa shape index (κ2) is 7.71. The van der Waals surface area contributed by atoms with Crippen LogP contribution >= 0.6 is 0 Å². The number of aliphatic hydroxyl groups is 1. The molecule has 0 aliphatic rings. The van der Waals surface area contributed by atoms with E-state index in [1.807, 2.05) is 13.8 Å². The molecular formula is C12H22N4O2. The molecule has 1 unspecified atom stereocenters. The lowest BCUT2D eigenvalue weighted by Gasteiger charge is -2.14. The summed E-state index contributed by atoms with van der Waals surface area (Å²) in [6.45, 7) is 5.36. The fraction of sp³-hybridized carbons (Fsp3) is 0.667. The summed E-state index contributed by atoms with van der Waals surface area (Å²) in [7, 11) is 1.59. The van der Waals surface area contributed by atoms with E-state index in [0.717, 1.165) is 13.0 Å². The van der Waals surface area contributed by atoms with Crippen LogP contribution in [0.5, 0.6) is 5.75 Å². The van der Waals surface area contributed by atoms with Crippen LogP contribution in [-0.4, -0.2) is 41.4 Å². The molecule has 102 valence electrons. The van der Waals surface area contributed by atoms with Crippen LogP contribution in [0.4, 0.5) is 11.6 Å². The largest absolute Gasteiger partial charge is 0.490 e. The lowest BCUT2D eigenvalue weighted by molar-refractivity contribution is 0.164. The molecule has 0 aliphatic carbocycles. The van der Waals surface area contributed by atoms with Crippen molar-refractivity contribution in [3.63, 3.8) is 0 Å². The Labute approximate surface area is 108 Å². The molecule has 1 rings (SSSR count). The lowest BCUT2D eigenvalue weighted by atomic mass is 10.2. The molecule has 0 fully saturated rings. The number of aliphatic hydroxyl groups excluding tert-OH is 1. The number of rotatable bonds is 8. The Hall–Kier alpha value is -1.56. The third kappa shape index (κ3) is 4.03. The van der Waals surface area contributed by atoms with Gasteiger partial charge in [0.1, 0.15) is 6.33 Å². The molecule has 0 spiro atoms. The Kier molecular flexibility index (Phi) is 6.21. The minimum absolute atomic E-state index is 0.279. The quantitative estimate of drug-likeness (QED) is 0.652. The summed E-state index contributed by atoms with van der Waals surface area (Å²) in [5.74, 6) is 1.92. The van der Waals surface area contributed by atoms with Crippen LogP contribution in [0.3, 0.4) is 0 Å². The van der Waals surface area contributed by atoms with Gasteiger partial charge < -0.3 is 20.5 Å². The number of aromatic nitrogens is 2. The summed E-state index contributed by atoms with van der Waals surface area (Å²) in [4.78, 5) is 8.27. The van der Waals surface area contributed by atoms with E-state index in [-0.39, 0.29) is 6.10 Å². The van der Waals surface area contributed by atoms with Crippen LogP contribution in [0.1, 0.15) is 26.7 Å². The third-order valence-electron chi connectivity index (χ3n) is 2.59. The van der Waals surface area contributed by atoms with Gasteiger partial charge in [0, 0.05) is 13.1 Å². The molecular weight excluding hydrogens is 232 g/mol. The van der Waals surface area contributed by atoms with E-state index >= 15 is 0 Å². The van der Waals surface area contributed by atoms with Crippen LogP contribution in [0.2, 0.25) is 0 Å². The van der Waals surface area contributed by atoms with E-state index in [9.17, 15) is 5.11 Å². The highest BCUT2D eigenvalue weighted by atomic mass is 16.5. The highest BCUT2D eigenvalue weighted by molar-refractivity contribution is 5.63. The number of hydrogen-bond donors (Lipinski definition) is 3. The van der Waals surface area contributed by atoms with Gasteiger partial charge in [0.25, 0.3) is 0 Å². The Morgan fingerprint density at radius 2 is 1.94 bits per heavy atom. The first-order valence-electron chi connectivity index (χ1n) is 6.27. The summed E-state index contributed by atoms with van der Waals surface area (Å²) in [6.07, 6.45) is 2.64. The van der Waals surface area contributed by atoms with Gasteiger partial charge in [-0.1, -0.05) is 6.92 Å². The highest BCUT2D eigenvalue weighted by Crippen LogP contribution is 2.28. The van der Waals surface area contributed by atoms with Crippen LogP contribution in [0.25, 0.3) is 0 Å². The van der Waals surface area contributed by atoms with Crippen LogP contribution in [0, 0.1) is 0 Å². The summed E-state index contributed by atoms with van der Waals surface area (Å²) in [6, 6.07) is 0. The van der Waals surface area contributed by atoms with Gasteiger partial charge in [0.05, 0.1) is 13.2 Å². The summed E-state index contributed by atoms with van der Waals surface area (Å²) >= 11 is 0. The smallest absolute Gasteiger partial charge is 0.204 e. The fourth-order valence-corrected chi connectivity index (χ4v) is 1.55. The van der Waals surface area contributed by atoms with E-state index in [1.165, 1.54) is 6.33 Å². The van der Waals surface area contributed by atoms with Crippen LogP contribution in [-0.2, 0) is 0 Å². The average Bonchev–Trinajstić information content (AvgIpc) is 2.39. The van der Waals surface area contributed by atoms with Crippen molar-refractivity contribution in [2.45, 2.75) is 32.8 Å². The molecule has 0 saturated carbocycles. The Morgan fingerprint density at radius 3 is 2.50 bits per heavy atom. The second-order valence-corrected chi connectivity index (χ2v) is 3.91. The molecule has 0 saturated heterocycles. The molecule has 3 N–H and O–H groups in total. The van der Waals surface area contributed by atoms with Gasteiger partial charge in [-0.3, -0.25) is 0 Å². The van der Waals surface area contributed by atoms with E-state index in [2.05, 4.69) is 20.6 Å². The third-order valence-corrected chi connectivity index (χ3v) is 2.59. The Balaban J connectivity index is 2.66. The zero-order valence-corrected chi connectivity index (χ0v) is 11.2. The fourth-order valence-electron chi connectivity index (χ4n) is 1.55. The summed E-state index contributed by atoms with van der Waals surface area (Å²) in [5.41, 5.74) is 0. The Morgan fingerprint density at radius 1 is 1.28 bits per heavy atom. The average molecular weight is 254 g/mol. The molecule has 0 radical (unpaired) electrons. The molecule has 0 bridgehead atoms. The van der Waals surface area contributed by atoms with Crippen LogP contribution < -0.4 is 15.4 Å². The first-order chi connectivity index (χ1) is 8.72. The van der Waals surface area contributed by atoms with E-state index in [1.54, 1.807) is 7.11 Å². The predicted molar refractivity (Wildman–Crippen MR) is 72.2 cm³/mol. The first kappa shape index (κ1) is 14.5. The van der Waals surface area contributed by atoms with Gasteiger partial charge in [-0.2, -0.15) is 0 Å². The van der Waals surface area contributed by atoms with Crippen molar-refractivity contribution < 1.29 is 9.84 Å². The molecule has 18 heavy (non-hydrogen) atoms. The van der Waals surface area contributed by atoms with E-state index in [0.29, 0.717) is 30.4 Å². The van der Waals surface area contributed by atoms with Gasteiger partial charge in [-0.25, -0.2) is 9.97 Å². The van der Waals surface area contributed by atoms with Gasteiger partial charge >= 0.3 is 0 Å². The lowest BCUT2D eigenvalue weighted by Crippen LogP contribution is -2.14. The maximum Gasteiger partial charge on any atom is 0.204 e. The number of nitrogens with zero attached hydrogens (tertiary/aromatic N) is 2. The molecule has 1 aromatic rings. The Bertz CT molecular complexity index is 360. The second-order valence-electron chi connectivity index (χ2n) is 3.91. The minimum atomic E-state index is -0.279. The van der Waals surface area contributed by atoms with Crippen molar-refractivity contribution in [3.8, 4) is 5.75 Å². The van der Waals surface area contributed by atoms with Crippen molar-refractivity contribution in [2.75, 3.05) is 30.8 Å². The zero-order chi connectivity index (χ0) is 13.4. The number of methoxy groups -OCH3 is 1. The SMILES string of the molecule is CCNc1ncnc(NCCC(O)CC)c1OC. The standard InChI is InChI=1S/C12H22N4O2/c1-4-9(17)6-7-14-12-10(18-3)11(13-5-2)15-8-16-12/h8-9,17H,4-7H2,1-3H3,(H2,13,14,15,16). The van der Waals surface area contributed by atoms with E-state index in [4.69, 9.17) is 4.74 Å². The van der Waals surface area contributed by atoms with Gasteiger partial charge in [-0.15, -0.1) is 0 Å². The number of anilines is 2. The maximum absolute atomic E-state index is 9.48. The topological polar surface area (TPSA) is 79.3 Å². The van der Waals surface area contributed by atoms with Crippen LogP contribution in [0.15, 0.2) is 6.33 Å². The predicted octanol–water partition coefficient (Wildman–Crippen LogP) is 1.49. The summed E-state index contributed by atoms with van der Waals surface area (Å²) < 4.78 is 5.30. The number of ether oxygens (including phenoxy) is 1. The molecule has 6 nitrogen and oxygen atoms in total. The highest BCUT2D eigenvalue weighted by Gasteiger charge is 2.11. The normalized spacial score (nSPS) is 12.0. The van der Waals surface area contributed by atoms with Crippen molar-refractivity contribution in [2.24, 2.45) is 0 Å². The van der Waals surface area contributed by atoms with Crippen molar-refractivity contribution in [3.05, 3.63) is 6.33 Å². The maximum atomic E-state index is 9.48. The molecule has 0 aromatic carbocycles. The summed E-state index contributed by atoms with van der Waals surface area (Å²) in [5, 5.41) is 15.7. The van der Waals surface area contributed by atoms with Crippen molar-refractivity contribution in [1.29, 1.82) is 0 Å². The molecule has 1 heterocycles. The zero-order valence-electron chi connectivity index (χ0n) is 11.2. The molecule has 0 amide bonds. The number of nitrogens with one attached hydrogen (secondary N) is 2. The number of hydrogen-bond acceptors (Lipinski definition) is 6.